The standard InChI is InChI=1S/C22H40O2/c1-18(2)9-7-11-20(5)13-14-22(17-23)24-16-15-21(6)12-8-10-19(3)4/h9-10,17,20-22H,7-8,11-16H2,1-6H3. The maximum Gasteiger partial charge on any atom is 0.148 e. The van der Waals surface area contributed by atoms with E-state index in [0.717, 1.165) is 38.4 Å². The molecule has 0 bridgehead atoms. The lowest BCUT2D eigenvalue weighted by atomic mass is 9.97. The summed E-state index contributed by atoms with van der Waals surface area (Å²) in [5.41, 5.74) is 2.77. The van der Waals surface area contributed by atoms with Gasteiger partial charge in [-0.05, 0) is 84.5 Å². The second kappa shape index (κ2) is 14.5. The molecule has 24 heavy (non-hydrogen) atoms. The molecule has 0 saturated heterocycles. The Morgan fingerprint density at radius 1 is 0.792 bits per heavy atom. The Balaban J connectivity index is 3.84. The number of hydrogen-bond acceptors (Lipinski definition) is 2. The topological polar surface area (TPSA) is 26.3 Å². The first-order valence-electron chi connectivity index (χ1n) is 9.68. The van der Waals surface area contributed by atoms with Crippen LogP contribution in [0.15, 0.2) is 23.3 Å². The summed E-state index contributed by atoms with van der Waals surface area (Å²) in [7, 11) is 0. The van der Waals surface area contributed by atoms with Crippen LogP contribution in [0.1, 0.15) is 86.5 Å². The van der Waals surface area contributed by atoms with Gasteiger partial charge in [0.25, 0.3) is 0 Å². The number of carbonyl (C=O) groups excluding carboxylic acids is 1. The number of allylic oxidation sites excluding steroid dienone is 4. The molecule has 0 heterocycles. The molecule has 0 radical (unpaired) electrons. The third-order valence-corrected chi connectivity index (χ3v) is 4.46. The molecule has 0 saturated carbocycles. The van der Waals surface area contributed by atoms with Crippen molar-refractivity contribution in [2.24, 2.45) is 11.8 Å². The van der Waals surface area contributed by atoms with Crippen LogP contribution in [0, 0.1) is 11.8 Å². The molecule has 0 aliphatic carbocycles. The van der Waals surface area contributed by atoms with E-state index in [1.807, 2.05) is 0 Å². The second-order valence-electron chi connectivity index (χ2n) is 7.84. The average molecular weight is 337 g/mol. The maximum absolute atomic E-state index is 11.2. The molecule has 0 aromatic heterocycles. The summed E-state index contributed by atoms with van der Waals surface area (Å²) in [5.74, 6) is 1.30. The molecule has 0 N–H and O–H groups in total. The molecule has 0 aromatic rings. The largest absolute Gasteiger partial charge is 0.371 e. The minimum atomic E-state index is -0.221. The lowest BCUT2D eigenvalue weighted by Crippen LogP contribution is -2.17. The molecule has 0 fully saturated rings. The van der Waals surface area contributed by atoms with E-state index < -0.39 is 0 Å². The smallest absolute Gasteiger partial charge is 0.148 e. The van der Waals surface area contributed by atoms with Gasteiger partial charge in [-0.1, -0.05) is 37.1 Å². The molecule has 2 heteroatoms. The number of ether oxygens (including phenoxy) is 1. The predicted molar refractivity (Wildman–Crippen MR) is 105 cm³/mol. The molecular weight excluding hydrogens is 296 g/mol. The van der Waals surface area contributed by atoms with E-state index in [1.54, 1.807) is 0 Å². The summed E-state index contributed by atoms with van der Waals surface area (Å²) >= 11 is 0. The predicted octanol–water partition coefficient (Wildman–Crippen LogP) is 6.51. The fraction of sp³-hybridized carbons (Fsp3) is 0.773. The van der Waals surface area contributed by atoms with Crippen LogP contribution in [0.3, 0.4) is 0 Å². The first-order valence-corrected chi connectivity index (χ1v) is 9.68. The molecule has 140 valence electrons. The quantitative estimate of drug-likeness (QED) is 0.267. The summed E-state index contributed by atoms with van der Waals surface area (Å²) in [4.78, 5) is 11.2. The van der Waals surface area contributed by atoms with Crippen molar-refractivity contribution in [2.45, 2.75) is 92.6 Å². The number of hydrogen-bond donors (Lipinski definition) is 0. The van der Waals surface area contributed by atoms with Gasteiger partial charge in [-0.3, -0.25) is 0 Å². The molecule has 3 unspecified atom stereocenters. The van der Waals surface area contributed by atoms with E-state index in [4.69, 9.17) is 4.74 Å². The van der Waals surface area contributed by atoms with Crippen LogP contribution in [0.2, 0.25) is 0 Å². The van der Waals surface area contributed by atoms with Gasteiger partial charge >= 0.3 is 0 Å². The SMILES string of the molecule is CC(C)=CCCC(C)CCOC(C=O)CCC(C)CCC=C(C)C. The van der Waals surface area contributed by atoms with Crippen molar-refractivity contribution in [3.05, 3.63) is 23.3 Å². The van der Waals surface area contributed by atoms with Crippen molar-refractivity contribution in [1.82, 2.24) is 0 Å². The molecule has 0 aliphatic rings. The van der Waals surface area contributed by atoms with Crippen LogP contribution in [-0.4, -0.2) is 19.0 Å². The third kappa shape index (κ3) is 14.7. The molecule has 0 aliphatic heterocycles. The minimum absolute atomic E-state index is 0.221. The van der Waals surface area contributed by atoms with E-state index in [1.165, 1.54) is 24.0 Å². The summed E-state index contributed by atoms with van der Waals surface area (Å²) in [6.07, 6.45) is 13.0. The van der Waals surface area contributed by atoms with Crippen molar-refractivity contribution in [1.29, 1.82) is 0 Å². The van der Waals surface area contributed by atoms with E-state index in [2.05, 4.69) is 53.7 Å². The Hall–Kier alpha value is -0.890. The maximum atomic E-state index is 11.2. The fourth-order valence-electron chi connectivity index (χ4n) is 2.66. The highest BCUT2D eigenvalue weighted by Crippen LogP contribution is 2.17. The summed E-state index contributed by atoms with van der Waals surface area (Å²) in [6, 6.07) is 0. The van der Waals surface area contributed by atoms with E-state index in [0.29, 0.717) is 18.4 Å². The van der Waals surface area contributed by atoms with Gasteiger partial charge in [0, 0.05) is 6.61 Å². The Bertz CT molecular complexity index is 373. The van der Waals surface area contributed by atoms with E-state index in [-0.39, 0.29) is 6.10 Å². The summed E-state index contributed by atoms with van der Waals surface area (Å²) < 4.78 is 5.79. The second-order valence-corrected chi connectivity index (χ2v) is 7.84. The average Bonchev–Trinajstić information content (AvgIpc) is 2.49. The Labute approximate surface area is 150 Å². The third-order valence-electron chi connectivity index (χ3n) is 4.46. The molecule has 0 spiro atoms. The van der Waals surface area contributed by atoms with Gasteiger partial charge in [-0.2, -0.15) is 0 Å². The highest BCUT2D eigenvalue weighted by Gasteiger charge is 2.11. The summed E-state index contributed by atoms with van der Waals surface area (Å²) in [6.45, 7) is 13.8. The van der Waals surface area contributed by atoms with Gasteiger partial charge < -0.3 is 9.53 Å². The van der Waals surface area contributed by atoms with Crippen LogP contribution in [-0.2, 0) is 9.53 Å². The van der Waals surface area contributed by atoms with E-state index in [9.17, 15) is 4.79 Å². The van der Waals surface area contributed by atoms with Crippen LogP contribution >= 0.6 is 0 Å². The Morgan fingerprint density at radius 3 is 1.75 bits per heavy atom. The van der Waals surface area contributed by atoms with Gasteiger partial charge in [0.05, 0.1) is 0 Å². The zero-order chi connectivity index (χ0) is 18.4. The Kier molecular flexibility index (Phi) is 13.9. The number of aldehydes is 1. The van der Waals surface area contributed by atoms with Crippen molar-refractivity contribution in [2.75, 3.05) is 6.61 Å². The van der Waals surface area contributed by atoms with Crippen molar-refractivity contribution in [3.63, 3.8) is 0 Å². The molecule has 0 amide bonds. The zero-order valence-corrected chi connectivity index (χ0v) is 16.9. The van der Waals surface area contributed by atoms with Gasteiger partial charge in [0.2, 0.25) is 0 Å². The highest BCUT2D eigenvalue weighted by molar-refractivity contribution is 5.55. The van der Waals surface area contributed by atoms with Gasteiger partial charge in [-0.15, -0.1) is 0 Å². The van der Waals surface area contributed by atoms with Crippen LogP contribution in [0.25, 0.3) is 0 Å². The number of carbonyl (C=O) groups is 1. The molecular formula is C22H40O2. The molecule has 0 rings (SSSR count). The van der Waals surface area contributed by atoms with E-state index >= 15 is 0 Å². The Morgan fingerprint density at radius 2 is 1.29 bits per heavy atom. The monoisotopic (exact) mass is 336 g/mol. The highest BCUT2D eigenvalue weighted by atomic mass is 16.5. The lowest BCUT2D eigenvalue weighted by molar-refractivity contribution is -0.118. The zero-order valence-electron chi connectivity index (χ0n) is 16.9. The molecule has 0 aromatic carbocycles. The first-order chi connectivity index (χ1) is 11.3. The van der Waals surface area contributed by atoms with Gasteiger partial charge in [-0.25, -0.2) is 0 Å². The van der Waals surface area contributed by atoms with Gasteiger partial charge in [0.15, 0.2) is 0 Å². The first kappa shape index (κ1) is 23.1. The van der Waals surface area contributed by atoms with Gasteiger partial charge in [0.1, 0.15) is 12.4 Å². The summed E-state index contributed by atoms with van der Waals surface area (Å²) in [5, 5.41) is 0. The minimum Gasteiger partial charge on any atom is -0.371 e. The number of rotatable bonds is 14. The molecule has 2 nitrogen and oxygen atoms in total. The molecule has 3 atom stereocenters. The van der Waals surface area contributed by atoms with Crippen LogP contribution in [0.5, 0.6) is 0 Å². The van der Waals surface area contributed by atoms with Crippen LogP contribution < -0.4 is 0 Å². The van der Waals surface area contributed by atoms with Crippen molar-refractivity contribution >= 4 is 6.29 Å². The van der Waals surface area contributed by atoms with Crippen molar-refractivity contribution < 1.29 is 9.53 Å². The lowest BCUT2D eigenvalue weighted by Gasteiger charge is -2.16. The fourth-order valence-corrected chi connectivity index (χ4v) is 2.66. The normalized spacial score (nSPS) is 14.6. The van der Waals surface area contributed by atoms with Crippen LogP contribution in [0.4, 0.5) is 0 Å². The van der Waals surface area contributed by atoms with Crippen molar-refractivity contribution in [3.8, 4) is 0 Å².